The van der Waals surface area contributed by atoms with Gasteiger partial charge in [0.1, 0.15) is 0 Å². The van der Waals surface area contributed by atoms with E-state index in [1.807, 2.05) is 12.2 Å². The Morgan fingerprint density at radius 1 is 0.562 bits per heavy atom. The van der Waals surface area contributed by atoms with Crippen LogP contribution in [0.1, 0.15) is 45.2 Å². The molecule has 7 aromatic rings. The van der Waals surface area contributed by atoms with Crippen LogP contribution in [0.4, 0.5) is 0 Å². The van der Waals surface area contributed by atoms with Crippen molar-refractivity contribution < 1.29 is 49.0 Å². The fraction of sp³-hybridized carbons (Fsp3) is 0.156. The third-order valence-corrected chi connectivity index (χ3v) is 12.4. The summed E-state index contributed by atoms with van der Waals surface area (Å²) in [5.41, 5.74) is 2.99. The average Bonchev–Trinajstić information content (AvgIpc) is 3.82. The number of allylic oxidation sites excluding steroid dienone is 4. The number of fused-ring (bicyclic) bond motifs is 8. The second-order valence-electron chi connectivity index (χ2n) is 13.0. The van der Waals surface area contributed by atoms with E-state index in [4.69, 9.17) is 0 Å². The molecule has 0 unspecified atom stereocenters. The normalized spacial score (nSPS) is 12.1. The van der Waals surface area contributed by atoms with Crippen LogP contribution < -0.4 is 24.8 Å². The summed E-state index contributed by atoms with van der Waals surface area (Å²) < 4.78 is 1.58. The quantitative estimate of drug-likeness (QED) is 0.154. The molecule has 0 saturated heterocycles. The maximum absolute atomic E-state index is 2.99. The first-order chi connectivity index (χ1) is 22.3. The molecule has 0 heterocycles. The minimum atomic E-state index is 0. The van der Waals surface area contributed by atoms with Crippen molar-refractivity contribution in [2.45, 2.75) is 44.9 Å². The van der Waals surface area contributed by atoms with Gasteiger partial charge in [-0.1, -0.05) is 77.5 Å². The first-order valence-corrected chi connectivity index (χ1v) is 17.3. The van der Waals surface area contributed by atoms with Crippen LogP contribution in [0.15, 0.2) is 158 Å². The molecule has 0 N–H and O–H groups in total. The van der Waals surface area contributed by atoms with Gasteiger partial charge in [-0.2, -0.15) is 6.08 Å². The van der Waals surface area contributed by atoms with Crippen molar-refractivity contribution in [2.24, 2.45) is 0 Å². The average molecular weight is 743 g/mol. The number of rotatable bonds is 4. The maximum Gasteiger partial charge on any atom is -0.0255 e. The molecule has 8 rings (SSSR count). The summed E-state index contributed by atoms with van der Waals surface area (Å²) in [6.45, 7) is 9.38. The standard InChI is InChI=1S/C21H13.C19H22.C5H5.2ClH.Zr/c1-2-8-15-14(7-1)13-20-18-11-4-3-9-16(18)17-10-5-6-12-19(17)21(15)20;1-18(2,16-11-7-5-8-12-16)15-19(3,4)17-13-9-6-10-14-17;1-2-4-5-3-1;;;/h1-13H;5-14H,1-4H3;1-3H,4H2;2*1H;/q-1;;-1;;;+2/p-2. The Bertz CT molecular complexity index is 2120. The van der Waals surface area contributed by atoms with Gasteiger partial charge in [0.05, 0.1) is 0 Å². The smallest absolute Gasteiger partial charge is 0.0255 e. The predicted molar refractivity (Wildman–Crippen MR) is 198 cm³/mol. The third kappa shape index (κ3) is 7.55. The molecule has 0 amide bonds. The van der Waals surface area contributed by atoms with Gasteiger partial charge in [0.15, 0.2) is 0 Å². The van der Waals surface area contributed by atoms with Crippen molar-refractivity contribution in [3.63, 3.8) is 0 Å². The van der Waals surface area contributed by atoms with Crippen molar-refractivity contribution in [1.82, 2.24) is 0 Å². The van der Waals surface area contributed by atoms with Gasteiger partial charge >= 0.3 is 138 Å². The molecule has 1 aliphatic rings. The Labute approximate surface area is 313 Å². The Morgan fingerprint density at radius 3 is 1.48 bits per heavy atom. The summed E-state index contributed by atoms with van der Waals surface area (Å²) in [5, 5.41) is 10.8. The molecule has 0 nitrogen and oxygen atoms in total. The van der Waals surface area contributed by atoms with Gasteiger partial charge in [0, 0.05) is 0 Å². The molecular weight excluding hydrogens is 703 g/mol. The van der Waals surface area contributed by atoms with Crippen LogP contribution >= 0.6 is 0 Å². The van der Waals surface area contributed by atoms with E-state index in [9.17, 15) is 0 Å². The summed E-state index contributed by atoms with van der Waals surface area (Å²) >= 11 is 1.51. The molecule has 0 bridgehead atoms. The van der Waals surface area contributed by atoms with Gasteiger partial charge in [-0.05, 0) is 10.8 Å². The topological polar surface area (TPSA) is 0 Å². The molecule has 0 radical (unpaired) electrons. The van der Waals surface area contributed by atoms with Crippen LogP contribution in [0.5, 0.6) is 0 Å². The first-order valence-electron chi connectivity index (χ1n) is 16.1. The summed E-state index contributed by atoms with van der Waals surface area (Å²) in [4.78, 5) is 0. The van der Waals surface area contributed by atoms with Gasteiger partial charge < -0.3 is 24.8 Å². The van der Waals surface area contributed by atoms with Crippen LogP contribution in [-0.2, 0) is 35.1 Å². The Kier molecular flexibility index (Phi) is 12.7. The zero-order valence-electron chi connectivity index (χ0n) is 28.0. The molecule has 240 valence electrons. The minimum absolute atomic E-state index is 0. The first kappa shape index (κ1) is 37.3. The number of halogens is 2. The van der Waals surface area contributed by atoms with Crippen LogP contribution in [0.2, 0.25) is 0 Å². The number of benzene rings is 6. The number of hydrogen-bond donors (Lipinski definition) is 0. The molecule has 7 aromatic carbocycles. The van der Waals surface area contributed by atoms with Crippen LogP contribution in [0.25, 0.3) is 43.1 Å². The van der Waals surface area contributed by atoms with E-state index in [0.717, 1.165) is 6.42 Å². The molecule has 0 saturated carbocycles. The van der Waals surface area contributed by atoms with Gasteiger partial charge in [-0.3, -0.25) is 6.08 Å². The molecule has 0 aromatic heterocycles. The van der Waals surface area contributed by atoms with Crippen LogP contribution in [0.3, 0.4) is 0 Å². The van der Waals surface area contributed by atoms with Crippen molar-refractivity contribution >= 4 is 46.3 Å². The van der Waals surface area contributed by atoms with E-state index >= 15 is 0 Å². The zero-order chi connectivity index (χ0) is 32.1. The van der Waals surface area contributed by atoms with Crippen molar-refractivity contribution in [1.29, 1.82) is 0 Å². The Morgan fingerprint density at radius 2 is 1.00 bits per heavy atom. The molecule has 3 heteroatoms. The van der Waals surface area contributed by atoms with Gasteiger partial charge in [0.25, 0.3) is 0 Å². The monoisotopic (exact) mass is 740 g/mol. The van der Waals surface area contributed by atoms with E-state index in [1.165, 1.54) is 78.5 Å². The van der Waals surface area contributed by atoms with E-state index in [-0.39, 0.29) is 35.6 Å². The van der Waals surface area contributed by atoms with Crippen LogP contribution in [-0.4, -0.2) is 3.21 Å². The Hall–Kier alpha value is -3.48. The van der Waals surface area contributed by atoms with Crippen molar-refractivity contribution in [2.75, 3.05) is 0 Å². The molecule has 0 aliphatic heterocycles. The molecule has 0 spiro atoms. The largest absolute Gasteiger partial charge is 1.00 e. The van der Waals surface area contributed by atoms with Crippen molar-refractivity contribution in [3.8, 4) is 0 Å². The minimum Gasteiger partial charge on any atom is -1.00 e. The van der Waals surface area contributed by atoms with Gasteiger partial charge in [-0.25, -0.2) is 12.2 Å². The van der Waals surface area contributed by atoms with E-state index in [1.54, 1.807) is 3.21 Å². The molecule has 0 fully saturated rings. The van der Waals surface area contributed by atoms with E-state index in [0.29, 0.717) is 0 Å². The van der Waals surface area contributed by atoms with Crippen LogP contribution in [0, 0.1) is 6.08 Å². The number of hydrogen-bond acceptors (Lipinski definition) is 0. The molecule has 48 heavy (non-hydrogen) atoms. The summed E-state index contributed by atoms with van der Waals surface area (Å²) in [6.07, 6.45) is 10.0. The van der Waals surface area contributed by atoms with E-state index < -0.39 is 0 Å². The van der Waals surface area contributed by atoms with Crippen molar-refractivity contribution in [3.05, 3.63) is 175 Å². The van der Waals surface area contributed by atoms with E-state index in [2.05, 4.69) is 179 Å². The summed E-state index contributed by atoms with van der Waals surface area (Å²) in [5.74, 6) is 0. The maximum atomic E-state index is 2.99. The van der Waals surface area contributed by atoms with Gasteiger partial charge in [0.2, 0.25) is 0 Å². The fourth-order valence-electron chi connectivity index (χ4n) is 6.73. The molecular formula is C45H40Cl2Zr-2. The second-order valence-corrected chi connectivity index (χ2v) is 14.2. The van der Waals surface area contributed by atoms with Gasteiger partial charge in [-0.15, -0.1) is 40.1 Å². The summed E-state index contributed by atoms with van der Waals surface area (Å²) in [7, 11) is 0. The summed E-state index contributed by atoms with van der Waals surface area (Å²) in [6, 6.07) is 50.2. The molecule has 0 atom stereocenters. The second kappa shape index (κ2) is 16.3. The zero-order valence-corrected chi connectivity index (χ0v) is 31.9. The predicted octanol–water partition coefficient (Wildman–Crippen LogP) is 5.99. The third-order valence-electron chi connectivity index (χ3n) is 9.33. The molecule has 1 aliphatic carbocycles. The fourth-order valence-corrected chi connectivity index (χ4v) is 7.44. The Balaban J connectivity index is 0.000000183. The SMILES string of the molecule is CC(C)([C](=[Zr+2])C(C)(C)c1ccccc1)c1ccccc1.[C-]1=CC=CC1.[Cl-].[Cl-].c1ccc2c(c1)[cH-]c1c3ccccc3c3ccccc3c21.